The zero-order chi connectivity index (χ0) is 14.2. The van der Waals surface area contributed by atoms with Crippen LogP contribution in [-0.2, 0) is 0 Å². The largest absolute Gasteiger partial charge is 0.493 e. The first kappa shape index (κ1) is 15.2. The second kappa shape index (κ2) is 8.17. The smallest absolute Gasteiger partial charge is 0.265 e. The molecular formula is C15H22N2O2S. The second-order valence-electron chi connectivity index (χ2n) is 4.98. The van der Waals surface area contributed by atoms with Crippen LogP contribution in [-0.4, -0.2) is 23.5 Å². The number of hydrogen-bond acceptors (Lipinski definition) is 4. The number of rotatable bonds is 6. The molecular weight excluding hydrogens is 272 g/mol. The molecule has 1 saturated carbocycles. The summed E-state index contributed by atoms with van der Waals surface area (Å²) >= 11 is 2.01. The summed E-state index contributed by atoms with van der Waals surface area (Å²) in [5.41, 5.74) is 2.64. The summed E-state index contributed by atoms with van der Waals surface area (Å²) < 4.78 is 5.69. The van der Waals surface area contributed by atoms with Crippen LogP contribution in [0.2, 0.25) is 0 Å². The van der Waals surface area contributed by atoms with E-state index >= 15 is 0 Å². The molecule has 0 atom stereocenters. The standard InChI is InChI=1S/C15H22N2O2S/c16-17-15(18)12-5-4-6-13(11-12)19-9-10-20-14-7-2-1-3-8-14/h4-6,11,14H,1-3,7-10,16H2,(H,17,18). The number of carbonyl (C=O) groups excluding carboxylic acids is 1. The number of hydrazine groups is 1. The molecule has 1 fully saturated rings. The molecule has 0 heterocycles. The SMILES string of the molecule is NNC(=O)c1cccc(OCCSC2CCCCC2)c1. The minimum atomic E-state index is -0.299. The summed E-state index contributed by atoms with van der Waals surface area (Å²) in [7, 11) is 0. The zero-order valence-electron chi connectivity index (χ0n) is 11.6. The lowest BCUT2D eigenvalue weighted by Crippen LogP contribution is -2.29. The highest BCUT2D eigenvalue weighted by atomic mass is 32.2. The number of nitrogens with two attached hydrogens (primary N) is 1. The van der Waals surface area contributed by atoms with Gasteiger partial charge in [-0.15, -0.1) is 0 Å². The topological polar surface area (TPSA) is 64.3 Å². The highest BCUT2D eigenvalue weighted by molar-refractivity contribution is 7.99. The van der Waals surface area contributed by atoms with Crippen molar-refractivity contribution in [3.63, 3.8) is 0 Å². The summed E-state index contributed by atoms with van der Waals surface area (Å²) in [5, 5.41) is 0.807. The van der Waals surface area contributed by atoms with Crippen molar-refractivity contribution in [1.82, 2.24) is 5.43 Å². The Morgan fingerprint density at radius 3 is 2.90 bits per heavy atom. The minimum absolute atomic E-state index is 0.299. The van der Waals surface area contributed by atoms with E-state index in [4.69, 9.17) is 10.6 Å². The van der Waals surface area contributed by atoms with Crippen molar-refractivity contribution in [2.24, 2.45) is 5.84 Å². The van der Waals surface area contributed by atoms with Gasteiger partial charge < -0.3 is 4.74 Å². The van der Waals surface area contributed by atoms with Crippen LogP contribution in [0.5, 0.6) is 5.75 Å². The molecule has 1 aliphatic carbocycles. The molecule has 1 amide bonds. The van der Waals surface area contributed by atoms with E-state index in [1.807, 2.05) is 17.8 Å². The predicted molar refractivity (Wildman–Crippen MR) is 82.9 cm³/mol. The Balaban J connectivity index is 1.72. The van der Waals surface area contributed by atoms with Gasteiger partial charge in [-0.1, -0.05) is 25.3 Å². The Labute approximate surface area is 124 Å². The van der Waals surface area contributed by atoms with Crippen LogP contribution in [0, 0.1) is 0 Å². The van der Waals surface area contributed by atoms with Gasteiger partial charge in [-0.2, -0.15) is 11.8 Å². The fraction of sp³-hybridized carbons (Fsp3) is 0.533. The molecule has 0 spiro atoms. The van der Waals surface area contributed by atoms with Gasteiger partial charge in [-0.3, -0.25) is 10.2 Å². The third kappa shape index (κ3) is 4.72. The number of amides is 1. The average molecular weight is 294 g/mol. The Bertz CT molecular complexity index is 434. The molecule has 20 heavy (non-hydrogen) atoms. The summed E-state index contributed by atoms with van der Waals surface area (Å²) in [5.74, 6) is 6.53. The second-order valence-corrected chi connectivity index (χ2v) is 6.39. The van der Waals surface area contributed by atoms with E-state index in [-0.39, 0.29) is 5.91 Å². The first-order valence-electron chi connectivity index (χ1n) is 7.15. The molecule has 0 radical (unpaired) electrons. The Kier molecular flexibility index (Phi) is 6.21. The summed E-state index contributed by atoms with van der Waals surface area (Å²) in [6, 6.07) is 7.09. The molecule has 3 N–H and O–H groups in total. The quantitative estimate of drug-likeness (QED) is 0.366. The van der Waals surface area contributed by atoms with Gasteiger partial charge in [0.2, 0.25) is 0 Å². The lowest BCUT2D eigenvalue weighted by molar-refractivity contribution is 0.0953. The fourth-order valence-electron chi connectivity index (χ4n) is 2.42. The lowest BCUT2D eigenvalue weighted by Gasteiger charge is -2.20. The number of thioether (sulfide) groups is 1. The maximum absolute atomic E-state index is 11.4. The molecule has 4 nitrogen and oxygen atoms in total. The third-order valence-electron chi connectivity index (χ3n) is 3.49. The number of hydrogen-bond donors (Lipinski definition) is 2. The van der Waals surface area contributed by atoms with Crippen molar-refractivity contribution >= 4 is 17.7 Å². The third-order valence-corrected chi connectivity index (χ3v) is 4.83. The molecule has 5 heteroatoms. The highest BCUT2D eigenvalue weighted by Crippen LogP contribution is 2.28. The molecule has 1 aromatic rings. The molecule has 0 aromatic heterocycles. The normalized spacial score (nSPS) is 15.8. The maximum Gasteiger partial charge on any atom is 0.265 e. The van der Waals surface area contributed by atoms with Gasteiger partial charge in [0, 0.05) is 16.6 Å². The number of carbonyl (C=O) groups is 1. The van der Waals surface area contributed by atoms with E-state index in [1.54, 1.807) is 18.2 Å². The van der Waals surface area contributed by atoms with E-state index in [9.17, 15) is 4.79 Å². The molecule has 0 unspecified atom stereocenters. The summed E-state index contributed by atoms with van der Waals surface area (Å²) in [4.78, 5) is 11.4. The van der Waals surface area contributed by atoms with Gasteiger partial charge in [0.25, 0.3) is 5.91 Å². The van der Waals surface area contributed by atoms with Crippen LogP contribution in [0.4, 0.5) is 0 Å². The molecule has 1 aromatic carbocycles. The van der Waals surface area contributed by atoms with Crippen molar-refractivity contribution in [3.05, 3.63) is 29.8 Å². The van der Waals surface area contributed by atoms with Gasteiger partial charge in [-0.25, -0.2) is 5.84 Å². The van der Waals surface area contributed by atoms with Crippen LogP contribution in [0.1, 0.15) is 42.5 Å². The van der Waals surface area contributed by atoms with Crippen LogP contribution in [0.25, 0.3) is 0 Å². The Hall–Kier alpha value is -1.20. The molecule has 0 bridgehead atoms. The number of ether oxygens (including phenoxy) is 1. The molecule has 0 aliphatic heterocycles. The highest BCUT2D eigenvalue weighted by Gasteiger charge is 2.13. The van der Waals surface area contributed by atoms with Crippen LogP contribution >= 0.6 is 11.8 Å². The van der Waals surface area contributed by atoms with Crippen molar-refractivity contribution in [3.8, 4) is 5.75 Å². The van der Waals surface area contributed by atoms with Gasteiger partial charge in [-0.05, 0) is 31.0 Å². The lowest BCUT2D eigenvalue weighted by atomic mass is 10.0. The first-order valence-corrected chi connectivity index (χ1v) is 8.20. The van der Waals surface area contributed by atoms with Crippen LogP contribution in [0.3, 0.4) is 0 Å². The van der Waals surface area contributed by atoms with Gasteiger partial charge >= 0.3 is 0 Å². The fourth-order valence-corrected chi connectivity index (χ4v) is 3.60. The maximum atomic E-state index is 11.4. The van der Waals surface area contributed by atoms with Crippen LogP contribution < -0.4 is 16.0 Å². The Morgan fingerprint density at radius 1 is 1.35 bits per heavy atom. The minimum Gasteiger partial charge on any atom is -0.493 e. The monoisotopic (exact) mass is 294 g/mol. The number of nitrogen functional groups attached to an aromatic ring is 1. The summed E-state index contributed by atoms with van der Waals surface area (Å²) in [6.45, 7) is 0.675. The van der Waals surface area contributed by atoms with E-state index in [0.717, 1.165) is 16.8 Å². The van der Waals surface area contributed by atoms with Crippen molar-refractivity contribution in [2.45, 2.75) is 37.4 Å². The van der Waals surface area contributed by atoms with Crippen molar-refractivity contribution in [2.75, 3.05) is 12.4 Å². The molecule has 2 rings (SSSR count). The Morgan fingerprint density at radius 2 is 2.15 bits per heavy atom. The molecule has 1 aliphatic rings. The molecule has 110 valence electrons. The van der Waals surface area contributed by atoms with E-state index < -0.39 is 0 Å². The number of benzene rings is 1. The van der Waals surface area contributed by atoms with Crippen molar-refractivity contribution < 1.29 is 9.53 Å². The average Bonchev–Trinajstić information content (AvgIpc) is 2.52. The first-order chi connectivity index (χ1) is 9.79. The molecule has 0 saturated heterocycles. The number of nitrogens with one attached hydrogen (secondary N) is 1. The van der Waals surface area contributed by atoms with Gasteiger partial charge in [0.05, 0.1) is 6.61 Å². The van der Waals surface area contributed by atoms with E-state index in [2.05, 4.69) is 5.43 Å². The van der Waals surface area contributed by atoms with E-state index in [1.165, 1.54) is 32.1 Å². The van der Waals surface area contributed by atoms with Crippen molar-refractivity contribution in [1.29, 1.82) is 0 Å². The predicted octanol–water partition coefficient (Wildman–Crippen LogP) is 2.73. The zero-order valence-corrected chi connectivity index (χ0v) is 12.5. The summed E-state index contributed by atoms with van der Waals surface area (Å²) in [6.07, 6.45) is 6.82. The van der Waals surface area contributed by atoms with Gasteiger partial charge in [0.15, 0.2) is 0 Å². The van der Waals surface area contributed by atoms with Crippen LogP contribution in [0.15, 0.2) is 24.3 Å². The van der Waals surface area contributed by atoms with Gasteiger partial charge in [0.1, 0.15) is 5.75 Å². The van der Waals surface area contributed by atoms with E-state index in [0.29, 0.717) is 12.2 Å².